The van der Waals surface area contributed by atoms with E-state index in [-0.39, 0.29) is 11.3 Å². The maximum atomic E-state index is 14.6. The maximum absolute atomic E-state index is 14.6. The monoisotopic (exact) mass is 493 g/mol. The Kier molecular flexibility index (Phi) is 5.81. The fourth-order valence-electron chi connectivity index (χ4n) is 6.10. The smallest absolute Gasteiger partial charge is 0.388 e. The van der Waals surface area contributed by atoms with Gasteiger partial charge in [0.2, 0.25) is 0 Å². The molecule has 190 valence electrons. The van der Waals surface area contributed by atoms with Crippen molar-refractivity contribution < 1.29 is 32.1 Å². The number of nitrogens with zero attached hydrogens (tertiary/aromatic N) is 1. The van der Waals surface area contributed by atoms with Gasteiger partial charge in [-0.05, 0) is 47.4 Å². The highest BCUT2D eigenvalue weighted by molar-refractivity contribution is 5.54. The molecule has 35 heavy (non-hydrogen) atoms. The Balaban J connectivity index is 1.76. The summed E-state index contributed by atoms with van der Waals surface area (Å²) in [6.45, 7) is 9.17. The van der Waals surface area contributed by atoms with Crippen molar-refractivity contribution in [3.63, 3.8) is 0 Å². The van der Waals surface area contributed by atoms with Crippen molar-refractivity contribution in [1.29, 1.82) is 0 Å². The molecule has 1 saturated heterocycles. The summed E-state index contributed by atoms with van der Waals surface area (Å²) in [5.74, 6) is -1.33. The van der Waals surface area contributed by atoms with Crippen LogP contribution in [0.3, 0.4) is 0 Å². The zero-order valence-corrected chi connectivity index (χ0v) is 20.4. The van der Waals surface area contributed by atoms with E-state index >= 15 is 0 Å². The van der Waals surface area contributed by atoms with Crippen LogP contribution in [0.4, 0.5) is 17.6 Å². The number of pyridine rings is 1. The summed E-state index contributed by atoms with van der Waals surface area (Å²) in [4.78, 5) is 5.02. The average molecular weight is 494 g/mol. The number of hydrogen-bond donors (Lipinski definition) is 1. The number of benzene rings is 1. The van der Waals surface area contributed by atoms with E-state index in [2.05, 4.69) is 13.8 Å². The summed E-state index contributed by atoms with van der Waals surface area (Å²) in [6, 6.07) is 3.00. The maximum Gasteiger partial charge on any atom is 0.419 e. The Morgan fingerprint density at radius 2 is 1.80 bits per heavy atom. The van der Waals surface area contributed by atoms with Crippen molar-refractivity contribution in [3.05, 3.63) is 63.2 Å². The van der Waals surface area contributed by atoms with Gasteiger partial charge in [-0.3, -0.25) is 4.98 Å². The van der Waals surface area contributed by atoms with Gasteiger partial charge < -0.3 is 14.6 Å². The van der Waals surface area contributed by atoms with Gasteiger partial charge in [0.25, 0.3) is 0 Å². The molecule has 0 bridgehead atoms. The molecule has 1 spiro atoms. The molecule has 1 aromatic carbocycles. The highest BCUT2D eigenvalue weighted by atomic mass is 19.4. The molecular formula is C27H31F4NO3. The second kappa shape index (κ2) is 8.25. The second-order valence-corrected chi connectivity index (χ2v) is 11.2. The summed E-state index contributed by atoms with van der Waals surface area (Å²) < 4.78 is 66.6. The average Bonchev–Trinajstić information content (AvgIpc) is 3.05. The highest BCUT2D eigenvalue weighted by Crippen LogP contribution is 2.57. The van der Waals surface area contributed by atoms with Crippen LogP contribution in [0.5, 0.6) is 0 Å². The molecule has 2 unspecified atom stereocenters. The summed E-state index contributed by atoms with van der Waals surface area (Å²) in [5, 5.41) is 11.3. The number of alkyl halides is 3. The van der Waals surface area contributed by atoms with Gasteiger partial charge in [-0.2, -0.15) is 13.2 Å². The number of halogens is 4. The van der Waals surface area contributed by atoms with Crippen LogP contribution in [0.1, 0.15) is 104 Å². The van der Waals surface area contributed by atoms with E-state index in [0.717, 1.165) is 40.2 Å². The summed E-state index contributed by atoms with van der Waals surface area (Å²) in [6.07, 6.45) is -3.92. The lowest BCUT2D eigenvalue weighted by Gasteiger charge is -2.40. The van der Waals surface area contributed by atoms with Crippen LogP contribution in [-0.4, -0.2) is 23.3 Å². The molecule has 3 aliphatic rings. The first kappa shape index (κ1) is 24.7. The van der Waals surface area contributed by atoms with E-state index in [4.69, 9.17) is 14.5 Å². The molecule has 4 nitrogen and oxygen atoms in total. The molecule has 2 aliphatic heterocycles. The topological polar surface area (TPSA) is 51.6 Å². The van der Waals surface area contributed by atoms with Crippen LogP contribution in [0, 0.1) is 11.2 Å². The second-order valence-electron chi connectivity index (χ2n) is 11.2. The van der Waals surface area contributed by atoms with Crippen molar-refractivity contribution in [3.8, 4) is 0 Å². The fraction of sp³-hybridized carbons (Fsp3) is 0.593. The first-order valence-electron chi connectivity index (χ1n) is 12.2. The molecular weight excluding hydrogens is 462 g/mol. The molecule has 2 atom stereocenters. The Labute approximate surface area is 202 Å². The van der Waals surface area contributed by atoms with Crippen molar-refractivity contribution in [2.75, 3.05) is 13.2 Å². The van der Waals surface area contributed by atoms with Crippen molar-refractivity contribution in [2.24, 2.45) is 5.41 Å². The molecule has 0 saturated carbocycles. The van der Waals surface area contributed by atoms with Gasteiger partial charge in [-0.1, -0.05) is 33.8 Å². The molecule has 1 fully saturated rings. The lowest BCUT2D eigenvalue weighted by Crippen LogP contribution is -2.37. The molecule has 1 N–H and O–H groups in total. The van der Waals surface area contributed by atoms with E-state index in [1.54, 1.807) is 0 Å². The van der Waals surface area contributed by atoms with Gasteiger partial charge in [0.1, 0.15) is 11.9 Å². The summed E-state index contributed by atoms with van der Waals surface area (Å²) in [5.41, 5.74) is 2.19. The van der Waals surface area contributed by atoms with Crippen molar-refractivity contribution in [1.82, 2.24) is 4.98 Å². The number of hydrogen-bond acceptors (Lipinski definition) is 4. The minimum Gasteiger partial charge on any atom is -0.388 e. The highest BCUT2D eigenvalue weighted by Gasteiger charge is 2.52. The van der Waals surface area contributed by atoms with Crippen LogP contribution < -0.4 is 0 Å². The van der Waals surface area contributed by atoms with E-state index in [1.165, 1.54) is 6.07 Å². The van der Waals surface area contributed by atoms with Crippen LogP contribution in [0.15, 0.2) is 18.2 Å². The number of aliphatic hydroxyl groups excluding tert-OH is 1. The van der Waals surface area contributed by atoms with E-state index in [9.17, 15) is 22.7 Å². The molecule has 2 aromatic rings. The number of aromatic nitrogens is 1. The van der Waals surface area contributed by atoms with E-state index < -0.39 is 35.4 Å². The number of aliphatic hydroxyl groups is 1. The number of rotatable bonds is 2. The summed E-state index contributed by atoms with van der Waals surface area (Å²) in [7, 11) is 0. The van der Waals surface area contributed by atoms with Crippen LogP contribution in [0.2, 0.25) is 0 Å². The van der Waals surface area contributed by atoms with Crippen molar-refractivity contribution in [2.45, 2.75) is 83.3 Å². The minimum atomic E-state index is -4.78. The summed E-state index contributed by atoms with van der Waals surface area (Å²) >= 11 is 0. The Bertz CT molecular complexity index is 1150. The third-order valence-electron chi connectivity index (χ3n) is 7.62. The third-order valence-corrected chi connectivity index (χ3v) is 7.62. The Hall–Kier alpha value is -2.03. The van der Waals surface area contributed by atoms with Gasteiger partial charge in [-0.25, -0.2) is 4.39 Å². The van der Waals surface area contributed by atoms with Gasteiger partial charge in [0.15, 0.2) is 0 Å². The predicted octanol–water partition coefficient (Wildman–Crippen LogP) is 6.49. The largest absolute Gasteiger partial charge is 0.419 e. The fourth-order valence-corrected chi connectivity index (χ4v) is 6.10. The molecule has 3 heterocycles. The molecule has 5 rings (SSSR count). The lowest BCUT2D eigenvalue weighted by molar-refractivity contribution is -0.140. The molecule has 8 heteroatoms. The van der Waals surface area contributed by atoms with Gasteiger partial charge >= 0.3 is 6.18 Å². The number of ether oxygens (including phenoxy) is 2. The minimum absolute atomic E-state index is 0.00313. The zero-order valence-electron chi connectivity index (χ0n) is 20.4. The molecule has 0 radical (unpaired) electrons. The normalized spacial score (nSPS) is 25.1. The lowest BCUT2D eigenvalue weighted by atomic mass is 9.70. The van der Waals surface area contributed by atoms with Gasteiger partial charge in [0.05, 0.1) is 17.3 Å². The SMILES string of the molecule is CC(C)c1nc2c(c3c1C(c1ccc(C(F)(F)F)c(F)c1)OC31CCOCC1)C(O)CC(C)(C)C2. The van der Waals surface area contributed by atoms with Crippen molar-refractivity contribution >= 4 is 0 Å². The van der Waals surface area contributed by atoms with Gasteiger partial charge in [0, 0.05) is 48.6 Å². The number of fused-ring (bicyclic) bond motifs is 4. The quantitative estimate of drug-likeness (QED) is 0.486. The van der Waals surface area contributed by atoms with Crippen LogP contribution in [0.25, 0.3) is 0 Å². The third kappa shape index (κ3) is 4.07. The van der Waals surface area contributed by atoms with E-state index in [1.807, 2.05) is 13.8 Å². The zero-order chi connectivity index (χ0) is 25.3. The molecule has 0 amide bonds. The van der Waals surface area contributed by atoms with Crippen LogP contribution in [-0.2, 0) is 27.7 Å². The van der Waals surface area contributed by atoms with Gasteiger partial charge in [-0.15, -0.1) is 0 Å². The van der Waals surface area contributed by atoms with E-state index in [0.29, 0.717) is 44.5 Å². The Morgan fingerprint density at radius 1 is 1.11 bits per heavy atom. The first-order valence-corrected chi connectivity index (χ1v) is 12.2. The first-order chi connectivity index (χ1) is 16.3. The standard InChI is InChI=1S/C27H31F4NO3/c1-14(2)23-21-22(20-18(32-23)12-25(3,4)13-19(20)33)26(7-9-34-10-8-26)35-24(21)15-5-6-16(17(28)11-15)27(29,30)31/h5-6,11,14,19,24,33H,7-10,12-13H2,1-4H3. The molecule has 1 aromatic heterocycles. The predicted molar refractivity (Wildman–Crippen MR) is 121 cm³/mol. The molecule has 1 aliphatic carbocycles. The van der Waals surface area contributed by atoms with Crippen LogP contribution >= 0.6 is 0 Å². The Morgan fingerprint density at radius 3 is 2.40 bits per heavy atom.